The Morgan fingerprint density at radius 3 is 2.36 bits per heavy atom. The van der Waals surface area contributed by atoms with Crippen LogP contribution in [0.2, 0.25) is 0 Å². The molecule has 1 aromatic heterocycles. The Morgan fingerprint density at radius 1 is 1.04 bits per heavy atom. The lowest BCUT2D eigenvalue weighted by atomic mass is 10.0. The van der Waals surface area contributed by atoms with Gasteiger partial charge in [0, 0.05) is 12.4 Å². The molecule has 1 fully saturated rings. The average molecular weight is 334 g/mol. The molecule has 128 valence electrons. The Balaban J connectivity index is 1.42. The van der Waals surface area contributed by atoms with Crippen LogP contribution in [0.1, 0.15) is 30.0 Å². The fourth-order valence-corrected chi connectivity index (χ4v) is 3.18. The Hall–Kier alpha value is -2.75. The molecule has 0 radical (unpaired) electrons. The topological polar surface area (TPSA) is 36.3 Å². The Morgan fingerprint density at radius 2 is 1.76 bits per heavy atom. The van der Waals surface area contributed by atoms with Crippen molar-refractivity contribution in [3.63, 3.8) is 0 Å². The molecule has 0 N–H and O–H groups in total. The lowest BCUT2D eigenvalue weighted by molar-refractivity contribution is 0.305. The molecule has 0 amide bonds. The molecule has 4 nitrogen and oxygen atoms in total. The zero-order chi connectivity index (χ0) is 17.1. The predicted octanol–water partition coefficient (Wildman–Crippen LogP) is 4.47. The second kappa shape index (κ2) is 7.01. The fraction of sp³-hybridized carbons (Fsp3) is 0.286. The normalized spacial score (nSPS) is 14.9. The number of imidazole rings is 1. The first kappa shape index (κ1) is 15.8. The van der Waals surface area contributed by atoms with Crippen LogP contribution in [0.5, 0.6) is 11.5 Å². The number of aromatic nitrogens is 2. The van der Waals surface area contributed by atoms with Gasteiger partial charge in [-0.1, -0.05) is 24.3 Å². The number of benzene rings is 2. The highest BCUT2D eigenvalue weighted by Gasteiger charge is 2.33. The molecule has 0 spiro atoms. The van der Waals surface area contributed by atoms with Crippen LogP contribution in [0.3, 0.4) is 0 Å². The van der Waals surface area contributed by atoms with Crippen molar-refractivity contribution in [2.45, 2.75) is 25.5 Å². The summed E-state index contributed by atoms with van der Waals surface area (Å²) in [5, 5.41) is 0. The van der Waals surface area contributed by atoms with E-state index in [9.17, 15) is 0 Å². The SMILES string of the molecule is COc1ccc(COc2ccc(C(C3CC3)n3ccnc3)cc2)cc1. The first-order valence-corrected chi connectivity index (χ1v) is 8.66. The van der Waals surface area contributed by atoms with Crippen LogP contribution in [-0.4, -0.2) is 16.7 Å². The van der Waals surface area contributed by atoms with Gasteiger partial charge in [0.2, 0.25) is 0 Å². The molecule has 4 rings (SSSR count). The van der Waals surface area contributed by atoms with Crippen LogP contribution in [0.4, 0.5) is 0 Å². The zero-order valence-corrected chi connectivity index (χ0v) is 14.3. The summed E-state index contributed by atoms with van der Waals surface area (Å²) in [5.41, 5.74) is 2.44. The van der Waals surface area contributed by atoms with Gasteiger partial charge in [-0.15, -0.1) is 0 Å². The highest BCUT2D eigenvalue weighted by atomic mass is 16.5. The van der Waals surface area contributed by atoms with Crippen molar-refractivity contribution in [1.29, 1.82) is 0 Å². The third-order valence-electron chi connectivity index (χ3n) is 4.70. The van der Waals surface area contributed by atoms with E-state index in [-0.39, 0.29) is 0 Å². The van der Waals surface area contributed by atoms with Gasteiger partial charge in [0.1, 0.15) is 18.1 Å². The second-order valence-corrected chi connectivity index (χ2v) is 6.50. The Kier molecular flexibility index (Phi) is 4.42. The molecule has 1 aliphatic rings. The minimum atomic E-state index is 0.387. The lowest BCUT2D eigenvalue weighted by Gasteiger charge is -2.19. The van der Waals surface area contributed by atoms with Crippen LogP contribution < -0.4 is 9.47 Å². The van der Waals surface area contributed by atoms with Gasteiger partial charge in [0.05, 0.1) is 19.5 Å². The second-order valence-electron chi connectivity index (χ2n) is 6.50. The summed E-state index contributed by atoms with van der Waals surface area (Å²) in [7, 11) is 1.67. The zero-order valence-electron chi connectivity index (χ0n) is 14.3. The van der Waals surface area contributed by atoms with E-state index < -0.39 is 0 Å². The lowest BCUT2D eigenvalue weighted by Crippen LogP contribution is -2.11. The number of nitrogens with zero attached hydrogens (tertiary/aromatic N) is 2. The van der Waals surface area contributed by atoms with Gasteiger partial charge in [-0.2, -0.15) is 0 Å². The highest BCUT2D eigenvalue weighted by molar-refractivity contribution is 5.32. The van der Waals surface area contributed by atoms with Crippen LogP contribution in [0, 0.1) is 5.92 Å². The minimum Gasteiger partial charge on any atom is -0.497 e. The van der Waals surface area contributed by atoms with Gasteiger partial charge in [-0.3, -0.25) is 0 Å². The van der Waals surface area contributed by atoms with Gasteiger partial charge in [0.15, 0.2) is 0 Å². The first-order valence-electron chi connectivity index (χ1n) is 8.66. The first-order chi connectivity index (χ1) is 12.3. The molecule has 1 saturated carbocycles. The molecular weight excluding hydrogens is 312 g/mol. The van der Waals surface area contributed by atoms with E-state index in [1.54, 1.807) is 7.11 Å². The van der Waals surface area contributed by atoms with E-state index in [4.69, 9.17) is 9.47 Å². The van der Waals surface area contributed by atoms with Crippen molar-refractivity contribution in [1.82, 2.24) is 9.55 Å². The fourth-order valence-electron chi connectivity index (χ4n) is 3.18. The van der Waals surface area contributed by atoms with Crippen LogP contribution in [0.25, 0.3) is 0 Å². The summed E-state index contributed by atoms with van der Waals surface area (Å²) >= 11 is 0. The number of methoxy groups -OCH3 is 1. The Labute approximate surface area is 148 Å². The number of ether oxygens (including phenoxy) is 2. The summed E-state index contributed by atoms with van der Waals surface area (Å²) in [4.78, 5) is 4.20. The van der Waals surface area contributed by atoms with Crippen LogP contribution in [-0.2, 0) is 6.61 Å². The molecule has 2 aromatic carbocycles. The molecule has 0 aliphatic heterocycles. The largest absolute Gasteiger partial charge is 0.497 e. The molecule has 4 heteroatoms. The summed E-state index contributed by atoms with van der Waals surface area (Å²) in [5.74, 6) is 2.47. The van der Waals surface area contributed by atoms with E-state index in [0.29, 0.717) is 12.6 Å². The standard InChI is InChI=1S/C21H22N2O2/c1-24-19-8-2-16(3-9-19)14-25-20-10-6-18(7-11-20)21(17-4-5-17)23-13-12-22-15-23/h2-3,6-13,15,17,21H,4-5,14H2,1H3. The van der Waals surface area contributed by atoms with E-state index in [1.807, 2.05) is 36.8 Å². The Bertz CT molecular complexity index is 791. The average Bonchev–Trinajstić information content (AvgIpc) is 3.35. The van der Waals surface area contributed by atoms with Crippen LogP contribution >= 0.6 is 0 Å². The summed E-state index contributed by atoms with van der Waals surface area (Å²) in [6.07, 6.45) is 8.40. The molecule has 1 aliphatic carbocycles. The molecule has 1 unspecified atom stereocenters. The summed E-state index contributed by atoms with van der Waals surface area (Å²) in [6, 6.07) is 16.8. The molecular formula is C21H22N2O2. The number of rotatable bonds is 7. The molecule has 0 bridgehead atoms. The summed E-state index contributed by atoms with van der Waals surface area (Å²) in [6.45, 7) is 0.552. The van der Waals surface area contributed by atoms with E-state index in [0.717, 1.165) is 23.0 Å². The maximum Gasteiger partial charge on any atom is 0.119 e. The van der Waals surface area contributed by atoms with E-state index >= 15 is 0 Å². The van der Waals surface area contributed by atoms with E-state index in [2.05, 4.69) is 40.0 Å². The molecule has 1 atom stereocenters. The molecule has 25 heavy (non-hydrogen) atoms. The molecule has 0 saturated heterocycles. The van der Waals surface area contributed by atoms with Gasteiger partial charge in [0.25, 0.3) is 0 Å². The summed E-state index contributed by atoms with van der Waals surface area (Å²) < 4.78 is 13.3. The van der Waals surface area contributed by atoms with Gasteiger partial charge in [-0.25, -0.2) is 4.98 Å². The van der Waals surface area contributed by atoms with Gasteiger partial charge >= 0.3 is 0 Å². The van der Waals surface area contributed by atoms with E-state index in [1.165, 1.54) is 18.4 Å². The third kappa shape index (κ3) is 3.68. The van der Waals surface area contributed by atoms with Crippen molar-refractivity contribution in [2.24, 2.45) is 5.92 Å². The predicted molar refractivity (Wildman–Crippen MR) is 96.9 cm³/mol. The highest BCUT2D eigenvalue weighted by Crippen LogP contribution is 2.43. The van der Waals surface area contributed by atoms with Crippen molar-refractivity contribution in [3.05, 3.63) is 78.4 Å². The monoisotopic (exact) mass is 334 g/mol. The maximum absolute atomic E-state index is 5.91. The molecule has 1 heterocycles. The smallest absolute Gasteiger partial charge is 0.119 e. The van der Waals surface area contributed by atoms with Crippen molar-refractivity contribution >= 4 is 0 Å². The van der Waals surface area contributed by atoms with Crippen LogP contribution in [0.15, 0.2) is 67.3 Å². The molecule has 3 aromatic rings. The number of hydrogen-bond donors (Lipinski definition) is 0. The third-order valence-corrected chi connectivity index (χ3v) is 4.70. The van der Waals surface area contributed by atoms with Crippen molar-refractivity contribution in [3.8, 4) is 11.5 Å². The van der Waals surface area contributed by atoms with Crippen molar-refractivity contribution in [2.75, 3.05) is 7.11 Å². The maximum atomic E-state index is 5.91. The van der Waals surface area contributed by atoms with Gasteiger partial charge < -0.3 is 14.0 Å². The van der Waals surface area contributed by atoms with Gasteiger partial charge in [-0.05, 0) is 54.2 Å². The quantitative estimate of drug-likeness (QED) is 0.639. The van der Waals surface area contributed by atoms with Crippen molar-refractivity contribution < 1.29 is 9.47 Å². The minimum absolute atomic E-state index is 0.387. The number of hydrogen-bond acceptors (Lipinski definition) is 3.